The van der Waals surface area contributed by atoms with Crippen LogP contribution in [0.3, 0.4) is 0 Å². The van der Waals surface area contributed by atoms with Crippen LogP contribution in [0, 0.1) is 5.41 Å². The second-order valence-corrected chi connectivity index (χ2v) is 5.58. The van der Waals surface area contributed by atoms with Gasteiger partial charge in [-0.15, -0.1) is 0 Å². The number of hydrogen-bond acceptors (Lipinski definition) is 4. The fourth-order valence-electron chi connectivity index (χ4n) is 2.66. The number of nitrogens with zero attached hydrogens (tertiary/aromatic N) is 3. The lowest BCUT2D eigenvalue weighted by Crippen LogP contribution is -2.48. The van der Waals surface area contributed by atoms with E-state index >= 15 is 0 Å². The Morgan fingerprint density at radius 2 is 2.45 bits per heavy atom. The molecule has 1 amide bonds. The summed E-state index contributed by atoms with van der Waals surface area (Å²) in [5.41, 5.74) is 1.45. The van der Waals surface area contributed by atoms with Crippen molar-refractivity contribution in [3.63, 3.8) is 0 Å². The molecule has 0 radical (unpaired) electrons. The first-order chi connectivity index (χ1) is 9.69. The van der Waals surface area contributed by atoms with Gasteiger partial charge in [-0.05, 0) is 26.3 Å². The summed E-state index contributed by atoms with van der Waals surface area (Å²) >= 11 is 0. The zero-order valence-electron chi connectivity index (χ0n) is 11.6. The molecular formula is C14H19N5O. The number of piperidine rings is 1. The Hall–Kier alpha value is -1.95. The van der Waals surface area contributed by atoms with Crippen molar-refractivity contribution in [2.45, 2.75) is 26.3 Å². The minimum absolute atomic E-state index is 0.105. The Kier molecular flexibility index (Phi) is 3.40. The molecule has 0 spiro atoms. The number of imidazole rings is 1. The average molecular weight is 273 g/mol. The highest BCUT2D eigenvalue weighted by atomic mass is 16.2. The maximum atomic E-state index is 12.4. The van der Waals surface area contributed by atoms with Gasteiger partial charge in [0.1, 0.15) is 0 Å². The molecule has 20 heavy (non-hydrogen) atoms. The van der Waals surface area contributed by atoms with Gasteiger partial charge in [-0.25, -0.2) is 4.98 Å². The van der Waals surface area contributed by atoms with Gasteiger partial charge in [0.15, 0.2) is 5.65 Å². The van der Waals surface area contributed by atoms with Crippen molar-refractivity contribution in [2.24, 2.45) is 5.41 Å². The summed E-state index contributed by atoms with van der Waals surface area (Å²) in [6, 6.07) is 0. The lowest BCUT2D eigenvalue weighted by atomic mass is 9.82. The van der Waals surface area contributed by atoms with Crippen LogP contribution in [-0.4, -0.2) is 33.4 Å². The normalized spacial score (nSPS) is 22.9. The van der Waals surface area contributed by atoms with E-state index in [0.717, 1.165) is 37.3 Å². The highest BCUT2D eigenvalue weighted by Crippen LogP contribution is 2.25. The number of hydrogen-bond donors (Lipinski definition) is 2. The number of carbonyl (C=O) groups excluding carboxylic acids is 1. The first-order valence-corrected chi connectivity index (χ1v) is 6.94. The predicted molar refractivity (Wildman–Crippen MR) is 75.0 cm³/mol. The van der Waals surface area contributed by atoms with Crippen LogP contribution < -0.4 is 10.6 Å². The van der Waals surface area contributed by atoms with E-state index < -0.39 is 0 Å². The van der Waals surface area contributed by atoms with Crippen LogP contribution in [0.25, 0.3) is 5.65 Å². The van der Waals surface area contributed by atoms with Crippen LogP contribution in [0.2, 0.25) is 0 Å². The maximum absolute atomic E-state index is 12.4. The molecule has 1 aliphatic heterocycles. The Labute approximate surface area is 117 Å². The van der Waals surface area contributed by atoms with Gasteiger partial charge in [0.2, 0.25) is 5.91 Å². The van der Waals surface area contributed by atoms with Crippen molar-refractivity contribution in [1.82, 2.24) is 25.0 Å². The minimum atomic E-state index is -0.305. The molecule has 6 nitrogen and oxygen atoms in total. The first kappa shape index (κ1) is 13.1. The van der Waals surface area contributed by atoms with E-state index in [1.165, 1.54) is 0 Å². The Bertz CT molecular complexity index is 615. The van der Waals surface area contributed by atoms with Gasteiger partial charge in [-0.2, -0.15) is 0 Å². The minimum Gasteiger partial charge on any atom is -0.350 e. The van der Waals surface area contributed by atoms with Crippen molar-refractivity contribution in [3.05, 3.63) is 30.5 Å². The molecule has 0 saturated carbocycles. The van der Waals surface area contributed by atoms with Gasteiger partial charge in [0, 0.05) is 18.9 Å². The third-order valence-electron chi connectivity index (χ3n) is 3.97. The van der Waals surface area contributed by atoms with Crippen molar-refractivity contribution in [3.8, 4) is 0 Å². The van der Waals surface area contributed by atoms with E-state index in [0.29, 0.717) is 6.54 Å². The van der Waals surface area contributed by atoms with Gasteiger partial charge < -0.3 is 10.6 Å². The fraction of sp³-hybridized carbons (Fsp3) is 0.500. The van der Waals surface area contributed by atoms with Gasteiger partial charge in [0.05, 0.1) is 30.0 Å². The lowest BCUT2D eigenvalue weighted by molar-refractivity contribution is -0.131. The Morgan fingerprint density at radius 3 is 3.25 bits per heavy atom. The topological polar surface area (TPSA) is 71.3 Å². The van der Waals surface area contributed by atoms with Gasteiger partial charge in [-0.1, -0.05) is 0 Å². The maximum Gasteiger partial charge on any atom is 0.227 e. The molecule has 2 aromatic heterocycles. The second-order valence-electron chi connectivity index (χ2n) is 5.58. The summed E-state index contributed by atoms with van der Waals surface area (Å²) in [5, 5.41) is 6.32. The SMILES string of the molecule is C[C@]1(C(=O)NCc2cnc3cnccn23)CCCNC1. The quantitative estimate of drug-likeness (QED) is 0.865. The van der Waals surface area contributed by atoms with E-state index in [2.05, 4.69) is 20.6 Å². The third-order valence-corrected chi connectivity index (χ3v) is 3.97. The number of amides is 1. The van der Waals surface area contributed by atoms with E-state index in [4.69, 9.17) is 0 Å². The van der Waals surface area contributed by atoms with Crippen LogP contribution in [0.15, 0.2) is 24.8 Å². The molecule has 0 bridgehead atoms. The monoisotopic (exact) mass is 273 g/mol. The van der Waals surface area contributed by atoms with E-state index in [1.807, 2.05) is 17.5 Å². The van der Waals surface area contributed by atoms with Crippen molar-refractivity contribution < 1.29 is 4.79 Å². The van der Waals surface area contributed by atoms with E-state index in [9.17, 15) is 4.79 Å². The van der Waals surface area contributed by atoms with Crippen molar-refractivity contribution >= 4 is 11.6 Å². The van der Waals surface area contributed by atoms with E-state index in [-0.39, 0.29) is 11.3 Å². The molecule has 0 aromatic carbocycles. The molecule has 1 fully saturated rings. The molecular weight excluding hydrogens is 254 g/mol. The molecule has 1 aliphatic rings. The number of aromatic nitrogens is 3. The average Bonchev–Trinajstić information content (AvgIpc) is 2.89. The molecule has 1 saturated heterocycles. The molecule has 6 heteroatoms. The number of fused-ring (bicyclic) bond motifs is 1. The summed E-state index contributed by atoms with van der Waals surface area (Å²) in [6.07, 6.45) is 9.03. The largest absolute Gasteiger partial charge is 0.350 e. The van der Waals surface area contributed by atoms with Crippen molar-refractivity contribution in [2.75, 3.05) is 13.1 Å². The predicted octanol–water partition coefficient (Wildman–Crippen LogP) is 0.735. The zero-order valence-corrected chi connectivity index (χ0v) is 11.6. The van der Waals surface area contributed by atoms with Crippen LogP contribution in [0.1, 0.15) is 25.5 Å². The number of carbonyl (C=O) groups is 1. The summed E-state index contributed by atoms with van der Waals surface area (Å²) in [6.45, 7) is 4.26. The highest BCUT2D eigenvalue weighted by Gasteiger charge is 2.34. The fourth-order valence-corrected chi connectivity index (χ4v) is 2.66. The Balaban J connectivity index is 1.68. The molecule has 0 aliphatic carbocycles. The molecule has 0 unspecified atom stereocenters. The van der Waals surface area contributed by atoms with Gasteiger partial charge >= 0.3 is 0 Å². The van der Waals surface area contributed by atoms with Crippen LogP contribution in [-0.2, 0) is 11.3 Å². The van der Waals surface area contributed by atoms with Crippen LogP contribution in [0.5, 0.6) is 0 Å². The number of rotatable bonds is 3. The first-order valence-electron chi connectivity index (χ1n) is 6.94. The zero-order chi connectivity index (χ0) is 14.0. The lowest BCUT2D eigenvalue weighted by Gasteiger charge is -2.32. The molecule has 1 atom stereocenters. The Morgan fingerprint density at radius 1 is 1.55 bits per heavy atom. The molecule has 2 N–H and O–H groups in total. The standard InChI is InChI=1S/C14H19N5O/c1-14(3-2-4-16-10-14)13(20)18-8-11-7-17-12-9-15-5-6-19(11)12/h5-7,9,16H,2-4,8,10H2,1H3,(H,18,20)/t14-/m0/s1. The van der Waals surface area contributed by atoms with Crippen LogP contribution >= 0.6 is 0 Å². The van der Waals surface area contributed by atoms with Crippen LogP contribution in [0.4, 0.5) is 0 Å². The summed E-state index contributed by atoms with van der Waals surface area (Å²) < 4.78 is 1.94. The molecule has 2 aromatic rings. The summed E-state index contributed by atoms with van der Waals surface area (Å²) in [7, 11) is 0. The van der Waals surface area contributed by atoms with Gasteiger partial charge in [-0.3, -0.25) is 14.2 Å². The smallest absolute Gasteiger partial charge is 0.227 e. The molecule has 106 valence electrons. The van der Waals surface area contributed by atoms with Crippen molar-refractivity contribution in [1.29, 1.82) is 0 Å². The molecule has 3 heterocycles. The molecule has 3 rings (SSSR count). The summed E-state index contributed by atoms with van der Waals surface area (Å²) in [4.78, 5) is 20.6. The van der Waals surface area contributed by atoms with Gasteiger partial charge in [0.25, 0.3) is 0 Å². The number of nitrogens with one attached hydrogen (secondary N) is 2. The third kappa shape index (κ3) is 2.38. The second kappa shape index (κ2) is 5.20. The summed E-state index contributed by atoms with van der Waals surface area (Å²) in [5.74, 6) is 0.105. The highest BCUT2D eigenvalue weighted by molar-refractivity contribution is 5.82. The van der Waals surface area contributed by atoms with E-state index in [1.54, 1.807) is 18.6 Å².